The number of hydrogen-bond donors (Lipinski definition) is 0. The summed E-state index contributed by atoms with van der Waals surface area (Å²) in [6.07, 6.45) is 4.37. The van der Waals surface area contributed by atoms with E-state index in [1.165, 1.54) is 22.7 Å². The number of rotatable bonds is 19. The van der Waals surface area contributed by atoms with Crippen molar-refractivity contribution in [3.8, 4) is 46.2 Å². The summed E-state index contributed by atoms with van der Waals surface area (Å²) in [7, 11) is 0. The lowest BCUT2D eigenvalue weighted by Gasteiger charge is -2.24. The van der Waals surface area contributed by atoms with Crippen LogP contribution in [0.2, 0.25) is 0 Å². The minimum atomic E-state index is -0.515. The summed E-state index contributed by atoms with van der Waals surface area (Å²) in [5.41, 5.74) is 9.78. The normalized spacial score (nSPS) is 12.1. The number of para-hydroxylation sites is 2. The van der Waals surface area contributed by atoms with Crippen LogP contribution in [0.3, 0.4) is 0 Å². The molecule has 398 valence electrons. The molecule has 0 amide bonds. The van der Waals surface area contributed by atoms with Gasteiger partial charge in [-0.25, -0.2) is 9.97 Å². The third kappa shape index (κ3) is 10.6. The fourth-order valence-corrected chi connectivity index (χ4v) is 13.2. The third-order valence-electron chi connectivity index (χ3n) is 15.0. The molecule has 0 aliphatic carbocycles. The van der Waals surface area contributed by atoms with Crippen LogP contribution in [0.1, 0.15) is 56.5 Å². The van der Waals surface area contributed by atoms with Crippen LogP contribution in [0, 0.1) is 28.6 Å². The molecule has 0 saturated heterocycles. The van der Waals surface area contributed by atoms with E-state index in [9.17, 15) is 10.5 Å². The summed E-state index contributed by atoms with van der Waals surface area (Å²) in [5, 5.41) is 28.7. The van der Waals surface area contributed by atoms with Crippen LogP contribution >= 0.6 is 22.7 Å². The molecular formula is C70H58B2N6O2S2. The first kappa shape index (κ1) is 53.5. The lowest BCUT2D eigenvalue weighted by Crippen LogP contribution is -2.54. The number of unbranched alkanes of at least 4 members (excludes halogenated alkanes) is 3. The van der Waals surface area contributed by atoms with Gasteiger partial charge in [-0.15, -0.1) is 22.7 Å². The van der Waals surface area contributed by atoms with E-state index in [1.54, 1.807) is 0 Å². The monoisotopic (exact) mass is 1100 g/mol. The number of fused-ring (bicyclic) bond motifs is 3. The second-order valence-electron chi connectivity index (χ2n) is 20.9. The van der Waals surface area contributed by atoms with Crippen molar-refractivity contribution in [2.24, 2.45) is 5.92 Å². The summed E-state index contributed by atoms with van der Waals surface area (Å²) in [6.45, 7) is 6.65. The van der Waals surface area contributed by atoms with Crippen molar-refractivity contribution in [2.45, 2.75) is 46.5 Å². The molecular weight excluding hydrogens is 1040 g/mol. The topological polar surface area (TPSA) is 102 Å². The summed E-state index contributed by atoms with van der Waals surface area (Å²) >= 11 is 3.01. The van der Waals surface area contributed by atoms with E-state index in [1.807, 2.05) is 72.8 Å². The highest BCUT2D eigenvalue weighted by atomic mass is 32.1. The van der Waals surface area contributed by atoms with E-state index in [4.69, 9.17) is 19.4 Å². The second kappa shape index (κ2) is 24.3. The van der Waals surface area contributed by atoms with E-state index >= 15 is 0 Å². The van der Waals surface area contributed by atoms with Crippen molar-refractivity contribution in [1.82, 2.24) is 18.9 Å². The minimum absolute atomic E-state index is 0.316. The maximum atomic E-state index is 12.3. The van der Waals surface area contributed by atoms with Crippen LogP contribution in [0.15, 0.2) is 218 Å². The van der Waals surface area contributed by atoms with E-state index in [0.29, 0.717) is 51.0 Å². The predicted molar refractivity (Wildman–Crippen MR) is 342 cm³/mol. The van der Waals surface area contributed by atoms with Crippen LogP contribution in [-0.4, -0.2) is 45.8 Å². The highest BCUT2D eigenvalue weighted by molar-refractivity contribution is 7.20. The molecule has 8 aromatic carbocycles. The molecule has 12 rings (SSSR count). The summed E-state index contributed by atoms with van der Waals surface area (Å²) in [5.74, 6) is 1.82. The predicted octanol–water partition coefficient (Wildman–Crippen LogP) is 12.7. The average molecular weight is 1100 g/mol. The molecule has 0 saturated carbocycles. The Bertz CT molecular complexity index is 4170. The first-order chi connectivity index (χ1) is 40.4. The largest absolute Gasteiger partial charge is 0.494 e. The zero-order chi connectivity index (χ0) is 55.9. The third-order valence-corrected chi connectivity index (χ3v) is 17.1. The van der Waals surface area contributed by atoms with Gasteiger partial charge in [0.2, 0.25) is 0 Å². The van der Waals surface area contributed by atoms with Crippen molar-refractivity contribution >= 4 is 101 Å². The fraction of sp³-hybridized carbons (Fsp3) is 0.143. The van der Waals surface area contributed by atoms with Crippen LogP contribution in [0.25, 0.3) is 64.9 Å². The van der Waals surface area contributed by atoms with Gasteiger partial charge in [-0.05, 0) is 96.3 Å². The molecule has 12 heteroatoms. The first-order valence-corrected chi connectivity index (χ1v) is 29.8. The quantitative estimate of drug-likeness (QED) is 0.0590. The lowest BCUT2D eigenvalue weighted by molar-refractivity contribution is 0.271. The molecule has 0 unspecified atom stereocenters. The number of ether oxygens (including phenoxy) is 2. The van der Waals surface area contributed by atoms with E-state index in [-0.39, 0.29) is 0 Å². The van der Waals surface area contributed by atoms with Gasteiger partial charge < -0.3 is 18.4 Å². The highest BCUT2D eigenvalue weighted by Crippen LogP contribution is 2.39. The van der Waals surface area contributed by atoms with Gasteiger partial charge in [-0.2, -0.15) is 10.5 Å². The molecule has 0 N–H and O–H groups in total. The zero-order valence-corrected chi connectivity index (χ0v) is 47.7. The number of nitrogens with zero attached hydrogens (tertiary/aromatic N) is 6. The average Bonchev–Trinajstić information content (AvgIpc) is 2.36. The molecule has 82 heavy (non-hydrogen) atoms. The van der Waals surface area contributed by atoms with E-state index in [2.05, 4.69) is 187 Å². The molecule has 12 aromatic rings. The Balaban J connectivity index is 1.37. The van der Waals surface area contributed by atoms with Crippen LogP contribution in [-0.2, 0) is 0 Å². The molecule has 4 heterocycles. The van der Waals surface area contributed by atoms with Gasteiger partial charge in [0.05, 0.1) is 44.3 Å². The molecule has 0 radical (unpaired) electrons. The standard InChI is InChI=1S/C70H58B2N6O2S2/c1-4-5-6-23-44-79-55-40-36-49(37-41-55)65-63-64(68(58(46-74)70-76-60-33-20-22-35-62(60)82-70)77(65)71(51-24-11-7-12-25-51)52-26-13-8-14-27-52)66(50-38-42-56(43-39-50)80-47-48(2)3)78(72(53-28-15-9-16-29-53)54-30-17-10-18-31-54)67(63)57(45-73)69-75-59-32-19-21-34-61(59)81-69/h7-22,24-43,48H,4-6,23,44,47H2,1-3H3/b67-57-,68-58-. The van der Waals surface area contributed by atoms with Gasteiger partial charge in [0.25, 0.3) is 0 Å². The van der Waals surface area contributed by atoms with Gasteiger partial charge >= 0.3 is 13.7 Å². The van der Waals surface area contributed by atoms with E-state index in [0.717, 1.165) is 113 Å². The smallest absolute Gasteiger partial charge is 0.328 e. The SMILES string of the molecule is CCCCCCOc1ccc(-c2c3/c(=C(\C#N)c4nc5ccccc5s4)n(B(c4ccccc4)c4ccccc4)c(-c4ccc(OCC(C)C)cc4)c3/c(=C(\C#N)c3nc4ccccc4s3)n2B(c2ccccc2)c2ccccc2)cc1. The molecule has 0 atom stereocenters. The van der Waals surface area contributed by atoms with Crippen molar-refractivity contribution in [3.63, 3.8) is 0 Å². The Morgan fingerprint density at radius 2 is 0.854 bits per heavy atom. The fourth-order valence-electron chi connectivity index (χ4n) is 11.3. The highest BCUT2D eigenvalue weighted by Gasteiger charge is 2.37. The van der Waals surface area contributed by atoms with Crippen molar-refractivity contribution < 1.29 is 9.47 Å². The Kier molecular flexibility index (Phi) is 15.8. The summed E-state index contributed by atoms with van der Waals surface area (Å²) < 4.78 is 19.6. The Labute approximate surface area is 487 Å². The maximum absolute atomic E-state index is 12.3. The first-order valence-electron chi connectivity index (χ1n) is 28.2. The summed E-state index contributed by atoms with van der Waals surface area (Å²) in [4.78, 5) is 10.6. The number of benzene rings is 8. The van der Waals surface area contributed by atoms with Crippen molar-refractivity contribution in [1.29, 1.82) is 10.5 Å². The Hall–Kier alpha value is -9.19. The van der Waals surface area contributed by atoms with Crippen LogP contribution in [0.5, 0.6) is 11.5 Å². The molecule has 0 aliphatic rings. The lowest BCUT2D eigenvalue weighted by atomic mass is 9.50. The van der Waals surface area contributed by atoms with E-state index < -0.39 is 13.7 Å². The van der Waals surface area contributed by atoms with Gasteiger partial charge in [0, 0.05) is 22.2 Å². The molecule has 8 nitrogen and oxygen atoms in total. The molecule has 4 aromatic heterocycles. The van der Waals surface area contributed by atoms with Crippen LogP contribution < -0.4 is 42.0 Å². The molecule has 0 fully saturated rings. The Morgan fingerprint density at radius 1 is 0.476 bits per heavy atom. The number of thiazole rings is 2. The number of aromatic nitrogens is 4. The van der Waals surface area contributed by atoms with Gasteiger partial charge in [0.15, 0.2) is 0 Å². The second-order valence-corrected chi connectivity index (χ2v) is 23.0. The van der Waals surface area contributed by atoms with Gasteiger partial charge in [0.1, 0.15) is 44.8 Å². The maximum Gasteiger partial charge on any atom is 0.328 e. The van der Waals surface area contributed by atoms with Crippen molar-refractivity contribution in [2.75, 3.05) is 13.2 Å². The number of hydrogen-bond acceptors (Lipinski definition) is 8. The zero-order valence-electron chi connectivity index (χ0n) is 46.1. The number of nitriles is 2. The molecule has 0 aliphatic heterocycles. The summed E-state index contributed by atoms with van der Waals surface area (Å²) in [6, 6.07) is 80.7. The minimum Gasteiger partial charge on any atom is -0.494 e. The van der Waals surface area contributed by atoms with Crippen molar-refractivity contribution in [3.05, 3.63) is 239 Å². The molecule has 0 bridgehead atoms. The van der Waals surface area contributed by atoms with Gasteiger partial charge in [-0.1, -0.05) is 207 Å². The Morgan fingerprint density at radius 3 is 1.22 bits per heavy atom. The molecule has 0 spiro atoms. The van der Waals surface area contributed by atoms with Crippen LogP contribution in [0.4, 0.5) is 0 Å². The van der Waals surface area contributed by atoms with Gasteiger partial charge in [-0.3, -0.25) is 0 Å².